The number of rotatable bonds is 10. The maximum absolute atomic E-state index is 9.85. The molecule has 15 heavy (non-hydrogen) atoms. The lowest BCUT2D eigenvalue weighted by atomic mass is 10.4. The Morgan fingerprint density at radius 2 is 1.67 bits per heavy atom. The molecule has 0 atom stereocenters. The van der Waals surface area contributed by atoms with E-state index in [1.807, 2.05) is 0 Å². The van der Waals surface area contributed by atoms with Crippen molar-refractivity contribution in [2.75, 3.05) is 13.2 Å². The molecule has 0 rings (SSSR count). The SMILES string of the molecule is CCCCOP(OCCCC)ON=C=O. The highest BCUT2D eigenvalue weighted by Gasteiger charge is 2.13. The molecule has 0 aliphatic carbocycles. The fourth-order valence-corrected chi connectivity index (χ4v) is 1.53. The molecule has 6 heteroatoms. The van der Waals surface area contributed by atoms with Crippen LogP contribution in [0.5, 0.6) is 0 Å². The predicted octanol–water partition coefficient (Wildman–Crippen LogP) is 3.11. The fraction of sp³-hybridized carbons (Fsp3) is 0.889. The third-order valence-corrected chi connectivity index (χ3v) is 2.54. The summed E-state index contributed by atoms with van der Waals surface area (Å²) >= 11 is 0. The topological polar surface area (TPSA) is 57.1 Å². The van der Waals surface area contributed by atoms with Crippen LogP contribution in [0.15, 0.2) is 5.16 Å². The van der Waals surface area contributed by atoms with Crippen molar-refractivity contribution in [3.63, 3.8) is 0 Å². The summed E-state index contributed by atoms with van der Waals surface area (Å²) in [5, 5.41) is 3.00. The minimum absolute atomic E-state index is 0.558. The van der Waals surface area contributed by atoms with Crippen molar-refractivity contribution >= 4 is 14.7 Å². The van der Waals surface area contributed by atoms with E-state index in [9.17, 15) is 4.79 Å². The Hall–Kier alpha value is -0.470. The third kappa shape index (κ3) is 9.83. The van der Waals surface area contributed by atoms with Crippen LogP contribution in [0.2, 0.25) is 0 Å². The highest BCUT2D eigenvalue weighted by molar-refractivity contribution is 7.41. The van der Waals surface area contributed by atoms with Crippen molar-refractivity contribution < 1.29 is 18.5 Å². The van der Waals surface area contributed by atoms with E-state index in [-0.39, 0.29) is 0 Å². The molecule has 0 radical (unpaired) electrons. The molecule has 0 aromatic heterocycles. The Morgan fingerprint density at radius 1 is 1.13 bits per heavy atom. The summed E-state index contributed by atoms with van der Waals surface area (Å²) in [5.41, 5.74) is 0. The maximum atomic E-state index is 9.85. The molecule has 0 amide bonds. The summed E-state index contributed by atoms with van der Waals surface area (Å²) in [4.78, 5) is 9.85. The van der Waals surface area contributed by atoms with Gasteiger partial charge in [0.25, 0.3) is 6.08 Å². The Morgan fingerprint density at radius 3 is 2.07 bits per heavy atom. The zero-order valence-electron chi connectivity index (χ0n) is 9.27. The lowest BCUT2D eigenvalue weighted by Crippen LogP contribution is -1.96. The molecule has 0 saturated heterocycles. The van der Waals surface area contributed by atoms with Gasteiger partial charge in [-0.3, -0.25) is 0 Å². The summed E-state index contributed by atoms with van der Waals surface area (Å²) in [6, 6.07) is 0. The summed E-state index contributed by atoms with van der Waals surface area (Å²) in [7, 11) is -1.52. The first-order valence-corrected chi connectivity index (χ1v) is 6.25. The van der Waals surface area contributed by atoms with E-state index in [1.54, 1.807) is 0 Å². The monoisotopic (exact) mass is 235 g/mol. The normalized spacial score (nSPS) is 10.1. The van der Waals surface area contributed by atoms with Crippen molar-refractivity contribution in [3.8, 4) is 0 Å². The fourth-order valence-electron chi connectivity index (χ4n) is 0.701. The molecule has 0 spiro atoms. The molecule has 0 fully saturated rings. The van der Waals surface area contributed by atoms with Crippen LogP contribution in [0.3, 0.4) is 0 Å². The number of carbonyl (C=O) groups excluding carboxylic acids is 1. The molecule has 0 unspecified atom stereocenters. The molecule has 88 valence electrons. The van der Waals surface area contributed by atoms with Crippen LogP contribution in [-0.2, 0) is 18.5 Å². The first-order valence-electron chi connectivity index (χ1n) is 5.15. The van der Waals surface area contributed by atoms with Crippen LogP contribution >= 0.6 is 8.60 Å². The number of nitrogens with zero attached hydrogens (tertiary/aromatic N) is 1. The van der Waals surface area contributed by atoms with E-state index < -0.39 is 8.60 Å². The van der Waals surface area contributed by atoms with Gasteiger partial charge in [-0.2, -0.15) is 0 Å². The van der Waals surface area contributed by atoms with Crippen molar-refractivity contribution in [3.05, 3.63) is 0 Å². The van der Waals surface area contributed by atoms with Crippen LogP contribution in [0.4, 0.5) is 0 Å². The van der Waals surface area contributed by atoms with Crippen molar-refractivity contribution in [2.24, 2.45) is 5.16 Å². The van der Waals surface area contributed by atoms with E-state index in [1.165, 1.54) is 6.08 Å². The first-order chi connectivity index (χ1) is 7.35. The number of isocyanates is 1. The van der Waals surface area contributed by atoms with E-state index in [0.29, 0.717) is 13.2 Å². The van der Waals surface area contributed by atoms with E-state index in [0.717, 1.165) is 25.7 Å². The van der Waals surface area contributed by atoms with Crippen LogP contribution in [0.1, 0.15) is 39.5 Å². The zero-order valence-corrected chi connectivity index (χ0v) is 10.2. The van der Waals surface area contributed by atoms with Crippen LogP contribution in [-0.4, -0.2) is 19.3 Å². The average molecular weight is 235 g/mol. The Balaban J connectivity index is 3.67. The van der Waals surface area contributed by atoms with Crippen LogP contribution in [0, 0.1) is 0 Å². The van der Waals surface area contributed by atoms with Gasteiger partial charge in [0.05, 0.1) is 13.2 Å². The Kier molecular flexibility index (Phi) is 11.2. The first kappa shape index (κ1) is 14.5. The summed E-state index contributed by atoms with van der Waals surface area (Å²) in [6.45, 7) is 5.24. The van der Waals surface area contributed by atoms with Gasteiger partial charge in [-0.1, -0.05) is 26.7 Å². The van der Waals surface area contributed by atoms with Gasteiger partial charge in [0, 0.05) is 5.16 Å². The molecular formula is C9H18NO4P. The number of unbranched alkanes of at least 4 members (excludes halogenated alkanes) is 2. The standard InChI is InChI=1S/C9H18NO4P/c1-3-5-7-12-15(14-10-9-11)13-8-6-4-2/h3-8H2,1-2H3. The number of hydrogen-bond acceptors (Lipinski definition) is 5. The molecule has 0 aliphatic heterocycles. The van der Waals surface area contributed by atoms with E-state index >= 15 is 0 Å². The molecular weight excluding hydrogens is 217 g/mol. The second-order valence-corrected chi connectivity index (χ2v) is 3.99. The molecule has 0 saturated carbocycles. The van der Waals surface area contributed by atoms with Crippen molar-refractivity contribution in [2.45, 2.75) is 39.5 Å². The average Bonchev–Trinajstić information content (AvgIpc) is 2.25. The van der Waals surface area contributed by atoms with Gasteiger partial charge in [-0.25, -0.2) is 4.79 Å². The minimum atomic E-state index is -1.52. The van der Waals surface area contributed by atoms with Gasteiger partial charge in [0.2, 0.25) is 0 Å². The Bertz CT molecular complexity index is 175. The zero-order chi connectivity index (χ0) is 11.4. The second kappa shape index (κ2) is 11.6. The molecule has 0 aromatic carbocycles. The van der Waals surface area contributed by atoms with Gasteiger partial charge in [0.15, 0.2) is 0 Å². The lowest BCUT2D eigenvalue weighted by Gasteiger charge is -2.11. The minimum Gasteiger partial charge on any atom is -0.305 e. The maximum Gasteiger partial charge on any atom is 0.420 e. The van der Waals surface area contributed by atoms with Crippen molar-refractivity contribution in [1.29, 1.82) is 0 Å². The quantitative estimate of drug-likeness (QED) is 0.192. The Labute approximate surface area is 91.8 Å². The summed E-state index contributed by atoms with van der Waals surface area (Å²) in [5.74, 6) is 0. The van der Waals surface area contributed by atoms with Gasteiger partial charge in [-0.15, -0.1) is 0 Å². The van der Waals surface area contributed by atoms with Gasteiger partial charge >= 0.3 is 8.60 Å². The highest BCUT2D eigenvalue weighted by Crippen LogP contribution is 2.40. The molecule has 5 nitrogen and oxygen atoms in total. The van der Waals surface area contributed by atoms with E-state index in [4.69, 9.17) is 13.7 Å². The van der Waals surface area contributed by atoms with Gasteiger partial charge in [0.1, 0.15) is 0 Å². The predicted molar refractivity (Wildman–Crippen MR) is 57.8 cm³/mol. The van der Waals surface area contributed by atoms with Gasteiger partial charge < -0.3 is 13.7 Å². The van der Waals surface area contributed by atoms with Crippen LogP contribution < -0.4 is 0 Å². The molecule has 0 N–H and O–H groups in total. The smallest absolute Gasteiger partial charge is 0.305 e. The lowest BCUT2D eigenvalue weighted by molar-refractivity contribution is 0.160. The second-order valence-electron chi connectivity index (χ2n) is 2.86. The molecule has 0 bridgehead atoms. The van der Waals surface area contributed by atoms with Crippen molar-refractivity contribution in [1.82, 2.24) is 0 Å². The summed E-state index contributed by atoms with van der Waals surface area (Å²) < 4.78 is 15.3. The molecule has 0 aromatic rings. The third-order valence-electron chi connectivity index (χ3n) is 1.53. The highest BCUT2D eigenvalue weighted by atomic mass is 31.2. The van der Waals surface area contributed by atoms with E-state index in [2.05, 4.69) is 19.0 Å². The largest absolute Gasteiger partial charge is 0.420 e. The molecule has 0 aliphatic rings. The number of hydrogen-bond donors (Lipinski definition) is 0. The molecule has 0 heterocycles. The van der Waals surface area contributed by atoms with Crippen LogP contribution in [0.25, 0.3) is 0 Å². The van der Waals surface area contributed by atoms with Gasteiger partial charge in [-0.05, 0) is 12.8 Å². The summed E-state index contributed by atoms with van der Waals surface area (Å²) in [6.07, 6.45) is 5.23.